The molecule has 2 aliphatic rings. The minimum absolute atomic E-state index is 0.151. The number of hydrogen-bond donors (Lipinski definition) is 1. The van der Waals surface area contributed by atoms with Gasteiger partial charge in [-0.3, -0.25) is 0 Å². The molecule has 0 bridgehead atoms. The molecule has 4 heteroatoms. The largest absolute Gasteiger partial charge is 0.444 e. The lowest BCUT2D eigenvalue weighted by atomic mass is 9.83. The minimum Gasteiger partial charge on any atom is -0.444 e. The lowest BCUT2D eigenvalue weighted by Crippen LogP contribution is -2.56. The fourth-order valence-electron chi connectivity index (χ4n) is 2.86. The summed E-state index contributed by atoms with van der Waals surface area (Å²) in [6, 6.07) is 0.371. The van der Waals surface area contributed by atoms with Gasteiger partial charge in [0.25, 0.3) is 0 Å². The van der Waals surface area contributed by atoms with E-state index in [0.29, 0.717) is 12.0 Å². The van der Waals surface area contributed by atoms with Crippen LogP contribution in [0.3, 0.4) is 0 Å². The Kier molecular flexibility index (Phi) is 3.85. The molecule has 18 heavy (non-hydrogen) atoms. The molecule has 1 aliphatic heterocycles. The molecule has 1 aliphatic carbocycles. The van der Waals surface area contributed by atoms with E-state index in [9.17, 15) is 4.79 Å². The van der Waals surface area contributed by atoms with Gasteiger partial charge >= 0.3 is 6.09 Å². The Bertz CT molecular complexity index is 307. The Hall–Kier alpha value is -0.770. The van der Waals surface area contributed by atoms with Crippen molar-refractivity contribution in [3.63, 3.8) is 0 Å². The van der Waals surface area contributed by atoms with Crippen molar-refractivity contribution >= 4 is 6.09 Å². The van der Waals surface area contributed by atoms with Gasteiger partial charge in [0.1, 0.15) is 5.60 Å². The maximum absolute atomic E-state index is 12.1. The molecule has 0 aromatic carbocycles. The average molecular weight is 254 g/mol. The van der Waals surface area contributed by atoms with Crippen LogP contribution in [0.1, 0.15) is 46.5 Å². The van der Waals surface area contributed by atoms with Crippen LogP contribution in [0.25, 0.3) is 0 Å². The van der Waals surface area contributed by atoms with E-state index in [4.69, 9.17) is 10.5 Å². The monoisotopic (exact) mass is 254 g/mol. The first kappa shape index (κ1) is 13.7. The topological polar surface area (TPSA) is 55.6 Å². The Morgan fingerprint density at radius 3 is 2.44 bits per heavy atom. The molecule has 2 fully saturated rings. The van der Waals surface area contributed by atoms with Gasteiger partial charge in [-0.2, -0.15) is 0 Å². The zero-order chi connectivity index (χ0) is 13.3. The maximum atomic E-state index is 12.1. The van der Waals surface area contributed by atoms with Gasteiger partial charge in [-0.05, 0) is 64.8 Å². The number of likely N-dealkylation sites (tertiary alicyclic amines) is 1. The van der Waals surface area contributed by atoms with Crippen LogP contribution < -0.4 is 5.73 Å². The number of hydrogen-bond acceptors (Lipinski definition) is 3. The predicted molar refractivity (Wildman–Crippen MR) is 71.2 cm³/mol. The molecule has 2 atom stereocenters. The number of rotatable bonds is 4. The lowest BCUT2D eigenvalue weighted by molar-refractivity contribution is -0.0212. The molecular weight excluding hydrogens is 228 g/mol. The van der Waals surface area contributed by atoms with Crippen LogP contribution in [0.5, 0.6) is 0 Å². The van der Waals surface area contributed by atoms with Crippen LogP contribution in [-0.2, 0) is 4.74 Å². The fourth-order valence-corrected chi connectivity index (χ4v) is 2.86. The van der Waals surface area contributed by atoms with Gasteiger partial charge < -0.3 is 15.4 Å². The van der Waals surface area contributed by atoms with Crippen LogP contribution in [0, 0.1) is 11.8 Å². The number of ether oxygens (including phenoxy) is 1. The van der Waals surface area contributed by atoms with E-state index in [-0.39, 0.29) is 6.09 Å². The first-order valence-electron chi connectivity index (χ1n) is 7.12. The van der Waals surface area contributed by atoms with E-state index in [1.54, 1.807) is 0 Å². The van der Waals surface area contributed by atoms with Gasteiger partial charge in [-0.15, -0.1) is 0 Å². The van der Waals surface area contributed by atoms with Crippen LogP contribution in [0.4, 0.5) is 4.79 Å². The molecule has 0 aromatic rings. The normalized spacial score (nSPS) is 25.6. The van der Waals surface area contributed by atoms with Crippen molar-refractivity contribution < 1.29 is 9.53 Å². The number of carbonyl (C=O) groups excluding carboxylic acids is 1. The van der Waals surface area contributed by atoms with Gasteiger partial charge in [-0.25, -0.2) is 4.79 Å². The summed E-state index contributed by atoms with van der Waals surface area (Å²) in [7, 11) is 0. The van der Waals surface area contributed by atoms with Gasteiger partial charge in [0.05, 0.1) is 0 Å². The molecule has 1 saturated heterocycles. The van der Waals surface area contributed by atoms with Gasteiger partial charge in [-0.1, -0.05) is 0 Å². The molecule has 2 N–H and O–H groups in total. The summed E-state index contributed by atoms with van der Waals surface area (Å²) in [5, 5.41) is 0. The standard InChI is InChI=1S/C14H26N2O2/c1-14(2,3)18-13(17)16-9-7-12(16)11(6-8-15)10-4-5-10/h10-12H,4-9,15H2,1-3H3. The third-order valence-electron chi connectivity index (χ3n) is 3.92. The molecule has 0 aromatic heterocycles. The average Bonchev–Trinajstić information content (AvgIpc) is 2.94. The van der Waals surface area contributed by atoms with E-state index in [0.717, 1.165) is 31.8 Å². The molecule has 0 spiro atoms. The van der Waals surface area contributed by atoms with E-state index >= 15 is 0 Å². The fraction of sp³-hybridized carbons (Fsp3) is 0.929. The predicted octanol–water partition coefficient (Wildman–Crippen LogP) is 2.37. The lowest BCUT2D eigenvalue weighted by Gasteiger charge is -2.45. The molecule has 104 valence electrons. The van der Waals surface area contributed by atoms with Crippen molar-refractivity contribution in [1.29, 1.82) is 0 Å². The highest BCUT2D eigenvalue weighted by molar-refractivity contribution is 5.69. The Balaban J connectivity index is 1.91. The number of carbonyl (C=O) groups is 1. The first-order valence-corrected chi connectivity index (χ1v) is 7.12. The molecule has 0 radical (unpaired) electrons. The molecule has 1 amide bonds. The Morgan fingerprint density at radius 1 is 1.39 bits per heavy atom. The summed E-state index contributed by atoms with van der Waals surface area (Å²) in [4.78, 5) is 14.0. The minimum atomic E-state index is -0.403. The van der Waals surface area contributed by atoms with Crippen LogP contribution >= 0.6 is 0 Å². The molecule has 1 heterocycles. The smallest absolute Gasteiger partial charge is 0.410 e. The van der Waals surface area contributed by atoms with Crippen molar-refractivity contribution in [2.24, 2.45) is 17.6 Å². The summed E-state index contributed by atoms with van der Waals surface area (Å²) in [6.07, 6.45) is 4.61. The highest BCUT2D eigenvalue weighted by atomic mass is 16.6. The second kappa shape index (κ2) is 5.08. The van der Waals surface area contributed by atoms with Gasteiger partial charge in [0, 0.05) is 12.6 Å². The third-order valence-corrected chi connectivity index (χ3v) is 3.92. The molecule has 2 rings (SSSR count). The molecular formula is C14H26N2O2. The third kappa shape index (κ3) is 3.16. The Morgan fingerprint density at radius 2 is 2.06 bits per heavy atom. The van der Waals surface area contributed by atoms with Crippen LogP contribution in [-0.4, -0.2) is 35.7 Å². The summed E-state index contributed by atoms with van der Waals surface area (Å²) in [5.41, 5.74) is 5.30. The van der Waals surface area contributed by atoms with E-state index in [2.05, 4.69) is 0 Å². The number of nitrogens with two attached hydrogens (primary N) is 1. The summed E-state index contributed by atoms with van der Waals surface area (Å²) in [6.45, 7) is 7.31. The van der Waals surface area contributed by atoms with Crippen LogP contribution in [0.15, 0.2) is 0 Å². The Labute approximate surface area is 110 Å². The summed E-state index contributed by atoms with van der Waals surface area (Å²) >= 11 is 0. The first-order chi connectivity index (χ1) is 8.42. The second-order valence-electron chi connectivity index (χ2n) is 6.61. The van der Waals surface area contributed by atoms with Crippen molar-refractivity contribution in [3.05, 3.63) is 0 Å². The van der Waals surface area contributed by atoms with Crippen molar-refractivity contribution in [2.45, 2.75) is 58.1 Å². The highest BCUT2D eigenvalue weighted by Crippen LogP contribution is 2.44. The van der Waals surface area contributed by atoms with E-state index in [1.165, 1.54) is 12.8 Å². The SMILES string of the molecule is CC(C)(C)OC(=O)N1CCC1C(CCN)C1CC1. The molecule has 4 nitrogen and oxygen atoms in total. The zero-order valence-corrected chi connectivity index (χ0v) is 11.8. The van der Waals surface area contributed by atoms with Gasteiger partial charge in [0.15, 0.2) is 0 Å². The highest BCUT2D eigenvalue weighted by Gasteiger charge is 2.45. The molecule has 1 saturated carbocycles. The summed E-state index contributed by atoms with van der Waals surface area (Å²) < 4.78 is 5.46. The van der Waals surface area contributed by atoms with Crippen molar-refractivity contribution in [3.8, 4) is 0 Å². The van der Waals surface area contributed by atoms with E-state index < -0.39 is 5.60 Å². The quantitative estimate of drug-likeness (QED) is 0.838. The second-order valence-corrected chi connectivity index (χ2v) is 6.61. The van der Waals surface area contributed by atoms with Gasteiger partial charge in [0.2, 0.25) is 0 Å². The van der Waals surface area contributed by atoms with E-state index in [1.807, 2.05) is 25.7 Å². The number of amides is 1. The summed E-state index contributed by atoms with van der Waals surface area (Å²) in [5.74, 6) is 1.39. The van der Waals surface area contributed by atoms with Crippen LogP contribution in [0.2, 0.25) is 0 Å². The maximum Gasteiger partial charge on any atom is 0.410 e. The van der Waals surface area contributed by atoms with Crippen molar-refractivity contribution in [1.82, 2.24) is 4.90 Å². The zero-order valence-electron chi connectivity index (χ0n) is 11.8. The van der Waals surface area contributed by atoms with Crippen molar-refractivity contribution in [2.75, 3.05) is 13.1 Å². The number of nitrogens with zero attached hydrogens (tertiary/aromatic N) is 1. The molecule has 2 unspecified atom stereocenters.